The molecular weight excluding hydrogens is 261 g/mol. The van der Waals surface area contributed by atoms with Gasteiger partial charge in [0.05, 0.1) is 0 Å². The van der Waals surface area contributed by atoms with Gasteiger partial charge >= 0.3 is 0 Å². The fourth-order valence-electron chi connectivity index (χ4n) is 1.56. The maximum Gasteiger partial charge on any atom is 0.255 e. The average molecular weight is 273 g/mol. The summed E-state index contributed by atoms with van der Waals surface area (Å²) in [5, 5.41) is 5.11. The third-order valence-corrected chi connectivity index (χ3v) is 2.43. The number of carbonyl (C=O) groups excluding carboxylic acids is 2. The van der Waals surface area contributed by atoms with Gasteiger partial charge < -0.3 is 10.6 Å². The number of hydrogen-bond donors (Lipinski definition) is 2. The van der Waals surface area contributed by atoms with Crippen LogP contribution >= 0.6 is 0 Å². The summed E-state index contributed by atoms with van der Waals surface area (Å²) in [6.45, 7) is 1.35. The number of aromatic nitrogens is 1. The van der Waals surface area contributed by atoms with Crippen molar-refractivity contribution in [2.45, 2.75) is 6.92 Å². The van der Waals surface area contributed by atoms with Crippen molar-refractivity contribution in [3.05, 3.63) is 54.0 Å². The second-order valence-electron chi connectivity index (χ2n) is 4.07. The van der Waals surface area contributed by atoms with Crippen molar-refractivity contribution in [3.63, 3.8) is 0 Å². The van der Waals surface area contributed by atoms with Crippen LogP contribution in [-0.2, 0) is 4.79 Å². The molecule has 2 N–H and O–H groups in total. The maximum atomic E-state index is 12.8. The molecule has 0 radical (unpaired) electrons. The highest BCUT2D eigenvalue weighted by Crippen LogP contribution is 2.12. The van der Waals surface area contributed by atoms with Crippen LogP contribution in [0.4, 0.5) is 15.9 Å². The average Bonchev–Trinajstić information content (AvgIpc) is 2.41. The Bertz CT molecular complexity index is 641. The van der Waals surface area contributed by atoms with Crippen LogP contribution < -0.4 is 10.6 Å². The number of amides is 2. The molecule has 6 heteroatoms. The predicted octanol–water partition coefficient (Wildman–Crippen LogP) is 2.43. The lowest BCUT2D eigenvalue weighted by Crippen LogP contribution is -2.13. The van der Waals surface area contributed by atoms with E-state index in [4.69, 9.17) is 0 Å². The lowest BCUT2D eigenvalue weighted by molar-refractivity contribution is -0.114. The number of carbonyl (C=O) groups is 2. The van der Waals surface area contributed by atoms with Crippen LogP contribution in [0.1, 0.15) is 17.3 Å². The zero-order chi connectivity index (χ0) is 14.5. The smallest absolute Gasteiger partial charge is 0.255 e. The van der Waals surface area contributed by atoms with Crippen LogP contribution in [0, 0.1) is 5.82 Å². The number of hydrogen-bond acceptors (Lipinski definition) is 3. The first-order valence-electron chi connectivity index (χ1n) is 5.85. The molecule has 0 atom stereocenters. The zero-order valence-electron chi connectivity index (χ0n) is 10.7. The van der Waals surface area contributed by atoms with Crippen LogP contribution in [0.25, 0.3) is 0 Å². The number of nitrogens with zero attached hydrogens (tertiary/aromatic N) is 1. The van der Waals surface area contributed by atoms with Gasteiger partial charge in [-0.2, -0.15) is 0 Å². The van der Waals surface area contributed by atoms with Crippen molar-refractivity contribution in [2.75, 3.05) is 10.6 Å². The van der Waals surface area contributed by atoms with E-state index in [0.29, 0.717) is 17.1 Å². The minimum atomic E-state index is -0.375. The number of pyridine rings is 1. The number of benzene rings is 1. The number of rotatable bonds is 3. The summed E-state index contributed by atoms with van der Waals surface area (Å²) < 4.78 is 12.8. The Morgan fingerprint density at radius 1 is 1.10 bits per heavy atom. The highest BCUT2D eigenvalue weighted by Gasteiger charge is 2.08. The van der Waals surface area contributed by atoms with E-state index in [0.717, 1.165) is 0 Å². The molecule has 0 spiro atoms. The molecule has 0 fully saturated rings. The molecule has 2 aromatic rings. The first kappa shape index (κ1) is 13.7. The van der Waals surface area contributed by atoms with Crippen LogP contribution in [0.3, 0.4) is 0 Å². The van der Waals surface area contributed by atoms with E-state index in [9.17, 15) is 14.0 Å². The van der Waals surface area contributed by atoms with E-state index in [2.05, 4.69) is 15.6 Å². The van der Waals surface area contributed by atoms with Gasteiger partial charge in [-0.1, -0.05) is 0 Å². The third-order valence-electron chi connectivity index (χ3n) is 2.43. The molecule has 0 aliphatic rings. The quantitative estimate of drug-likeness (QED) is 0.902. The van der Waals surface area contributed by atoms with Gasteiger partial charge in [-0.15, -0.1) is 0 Å². The lowest BCUT2D eigenvalue weighted by atomic mass is 10.2. The molecule has 20 heavy (non-hydrogen) atoms. The van der Waals surface area contributed by atoms with E-state index >= 15 is 0 Å². The lowest BCUT2D eigenvalue weighted by Gasteiger charge is -2.06. The Hall–Kier alpha value is -2.76. The van der Waals surface area contributed by atoms with Crippen molar-refractivity contribution in [3.8, 4) is 0 Å². The zero-order valence-corrected chi connectivity index (χ0v) is 10.7. The Morgan fingerprint density at radius 2 is 1.80 bits per heavy atom. The van der Waals surface area contributed by atoms with E-state index in [1.165, 1.54) is 49.5 Å². The van der Waals surface area contributed by atoms with E-state index in [-0.39, 0.29) is 17.6 Å². The molecule has 0 bridgehead atoms. The van der Waals surface area contributed by atoms with Gasteiger partial charge in [0, 0.05) is 24.4 Å². The van der Waals surface area contributed by atoms with Crippen LogP contribution in [0.15, 0.2) is 42.6 Å². The van der Waals surface area contributed by atoms with Gasteiger partial charge in [-0.05, 0) is 36.4 Å². The van der Waals surface area contributed by atoms with E-state index < -0.39 is 0 Å². The summed E-state index contributed by atoms with van der Waals surface area (Å²) in [4.78, 5) is 26.8. The first-order chi connectivity index (χ1) is 9.54. The topological polar surface area (TPSA) is 71.1 Å². The second-order valence-corrected chi connectivity index (χ2v) is 4.07. The molecular formula is C14H12FN3O2. The van der Waals surface area contributed by atoms with Gasteiger partial charge in [-0.3, -0.25) is 9.59 Å². The molecule has 2 amide bonds. The Morgan fingerprint density at radius 3 is 2.45 bits per heavy atom. The predicted molar refractivity (Wildman–Crippen MR) is 72.9 cm³/mol. The molecule has 0 unspecified atom stereocenters. The monoisotopic (exact) mass is 273 g/mol. The molecule has 0 saturated heterocycles. The van der Waals surface area contributed by atoms with Crippen molar-refractivity contribution >= 4 is 23.3 Å². The summed E-state index contributed by atoms with van der Waals surface area (Å²) in [6.07, 6.45) is 1.42. The molecule has 5 nitrogen and oxygen atoms in total. The molecule has 102 valence electrons. The molecule has 0 saturated carbocycles. The largest absolute Gasteiger partial charge is 0.322 e. The van der Waals surface area contributed by atoms with Gasteiger partial charge in [0.1, 0.15) is 11.6 Å². The minimum absolute atomic E-state index is 0.270. The molecule has 1 aromatic carbocycles. The first-order valence-corrected chi connectivity index (χ1v) is 5.85. The highest BCUT2D eigenvalue weighted by atomic mass is 19.1. The van der Waals surface area contributed by atoms with Crippen molar-refractivity contribution < 1.29 is 14.0 Å². The van der Waals surface area contributed by atoms with Crippen LogP contribution in [0.5, 0.6) is 0 Å². The summed E-state index contributed by atoms with van der Waals surface area (Å²) in [6, 6.07) is 8.41. The van der Waals surface area contributed by atoms with E-state index in [1.807, 2.05) is 0 Å². The second kappa shape index (κ2) is 5.92. The van der Waals surface area contributed by atoms with Crippen LogP contribution in [0.2, 0.25) is 0 Å². The summed E-state index contributed by atoms with van der Waals surface area (Å²) in [5.41, 5.74) is 0.822. The van der Waals surface area contributed by atoms with Gasteiger partial charge in [0.25, 0.3) is 5.91 Å². The normalized spacial score (nSPS) is 9.90. The minimum Gasteiger partial charge on any atom is -0.322 e. The summed E-state index contributed by atoms with van der Waals surface area (Å²) >= 11 is 0. The van der Waals surface area contributed by atoms with Gasteiger partial charge in [0.15, 0.2) is 0 Å². The van der Waals surface area contributed by atoms with E-state index in [1.54, 1.807) is 0 Å². The molecule has 0 aliphatic carbocycles. The summed E-state index contributed by atoms with van der Waals surface area (Å²) in [5.74, 6) is -0.719. The Kier molecular flexibility index (Phi) is 4.05. The fraction of sp³-hybridized carbons (Fsp3) is 0.0714. The number of halogens is 1. The van der Waals surface area contributed by atoms with Gasteiger partial charge in [-0.25, -0.2) is 9.37 Å². The fourth-order valence-corrected chi connectivity index (χ4v) is 1.56. The standard InChI is InChI=1S/C14H12FN3O2/c1-9(19)17-13-8-10(6-7-16-13)14(20)18-12-4-2-11(15)3-5-12/h2-8H,1H3,(H,18,20)(H,16,17,19). The number of anilines is 2. The van der Waals surface area contributed by atoms with Crippen molar-refractivity contribution in [1.29, 1.82) is 0 Å². The Labute approximate surface area is 114 Å². The number of nitrogens with one attached hydrogen (secondary N) is 2. The maximum absolute atomic E-state index is 12.8. The third kappa shape index (κ3) is 3.61. The summed E-state index contributed by atoms with van der Waals surface area (Å²) in [7, 11) is 0. The van der Waals surface area contributed by atoms with Crippen LogP contribution in [-0.4, -0.2) is 16.8 Å². The molecule has 1 heterocycles. The molecule has 0 aliphatic heterocycles. The Balaban J connectivity index is 2.12. The molecule has 1 aromatic heterocycles. The highest BCUT2D eigenvalue weighted by molar-refractivity contribution is 6.05. The SMILES string of the molecule is CC(=O)Nc1cc(C(=O)Nc2ccc(F)cc2)ccn1. The van der Waals surface area contributed by atoms with Crippen molar-refractivity contribution in [1.82, 2.24) is 4.98 Å². The van der Waals surface area contributed by atoms with Gasteiger partial charge in [0.2, 0.25) is 5.91 Å². The van der Waals surface area contributed by atoms with Crippen molar-refractivity contribution in [2.24, 2.45) is 0 Å². The molecule has 2 rings (SSSR count).